The molecule has 2 rings (SSSR count). The molecule has 94 valence electrons. The number of thiazole rings is 1. The van der Waals surface area contributed by atoms with Crippen LogP contribution in [0.4, 0.5) is 5.00 Å². The van der Waals surface area contributed by atoms with Gasteiger partial charge in [-0.1, -0.05) is 28.5 Å². The first-order valence-electron chi connectivity index (χ1n) is 5.44. The highest BCUT2D eigenvalue weighted by atomic mass is 32.1. The standard InChI is InChI=1S/C13H14N2O2S/c1-7-4-8(2)6-9(5-7)12-15-10(11(14)18-12)13(16)17-3/h4-6H,14H2,1-3H3. The monoisotopic (exact) mass is 262 g/mol. The number of methoxy groups -OCH3 is 1. The molecular formula is C13H14N2O2S. The lowest BCUT2D eigenvalue weighted by atomic mass is 10.1. The van der Waals surface area contributed by atoms with Gasteiger partial charge in [-0.15, -0.1) is 0 Å². The fraction of sp³-hybridized carbons (Fsp3) is 0.231. The van der Waals surface area contributed by atoms with Gasteiger partial charge in [-0.05, 0) is 26.0 Å². The SMILES string of the molecule is COC(=O)c1nc(-c2cc(C)cc(C)c2)sc1N. The van der Waals surface area contributed by atoms with Crippen molar-refractivity contribution in [3.63, 3.8) is 0 Å². The van der Waals surface area contributed by atoms with Gasteiger partial charge in [0, 0.05) is 5.56 Å². The van der Waals surface area contributed by atoms with Gasteiger partial charge in [0.25, 0.3) is 0 Å². The highest BCUT2D eigenvalue weighted by Crippen LogP contribution is 2.31. The van der Waals surface area contributed by atoms with Crippen LogP contribution in [0.15, 0.2) is 18.2 Å². The quantitative estimate of drug-likeness (QED) is 0.845. The molecule has 1 heterocycles. The third-order valence-electron chi connectivity index (χ3n) is 2.50. The number of hydrogen-bond donors (Lipinski definition) is 1. The number of ether oxygens (including phenoxy) is 1. The van der Waals surface area contributed by atoms with E-state index in [1.54, 1.807) is 0 Å². The maximum atomic E-state index is 11.5. The molecule has 0 saturated carbocycles. The van der Waals surface area contributed by atoms with Crippen molar-refractivity contribution >= 4 is 22.3 Å². The molecule has 0 amide bonds. The second-order valence-corrected chi connectivity index (χ2v) is 5.13. The minimum atomic E-state index is -0.501. The summed E-state index contributed by atoms with van der Waals surface area (Å²) >= 11 is 1.29. The maximum absolute atomic E-state index is 11.5. The van der Waals surface area contributed by atoms with Crippen LogP contribution in [0.5, 0.6) is 0 Å². The third-order valence-corrected chi connectivity index (χ3v) is 3.43. The summed E-state index contributed by atoms with van der Waals surface area (Å²) in [7, 11) is 1.32. The maximum Gasteiger partial charge on any atom is 0.359 e. The van der Waals surface area contributed by atoms with Crippen LogP contribution in [0, 0.1) is 13.8 Å². The van der Waals surface area contributed by atoms with Crippen LogP contribution in [0.1, 0.15) is 21.6 Å². The van der Waals surface area contributed by atoms with Gasteiger partial charge in [-0.3, -0.25) is 0 Å². The lowest BCUT2D eigenvalue weighted by molar-refractivity contribution is 0.0596. The van der Waals surface area contributed by atoms with Crippen LogP contribution in [0.2, 0.25) is 0 Å². The number of carbonyl (C=O) groups is 1. The molecule has 1 aromatic carbocycles. The molecule has 18 heavy (non-hydrogen) atoms. The molecule has 0 aliphatic carbocycles. The van der Waals surface area contributed by atoms with Gasteiger partial charge in [-0.25, -0.2) is 9.78 Å². The average Bonchev–Trinajstić information content (AvgIpc) is 2.69. The summed E-state index contributed by atoms with van der Waals surface area (Å²) in [4.78, 5) is 15.7. The van der Waals surface area contributed by atoms with Crippen molar-refractivity contribution in [3.8, 4) is 10.6 Å². The Morgan fingerprint density at radius 2 is 1.89 bits per heavy atom. The van der Waals surface area contributed by atoms with Crippen molar-refractivity contribution in [1.29, 1.82) is 0 Å². The van der Waals surface area contributed by atoms with E-state index in [0.717, 1.165) is 21.7 Å². The van der Waals surface area contributed by atoms with Gasteiger partial charge in [-0.2, -0.15) is 0 Å². The Bertz CT molecular complexity index is 585. The number of nitrogens with zero attached hydrogens (tertiary/aromatic N) is 1. The van der Waals surface area contributed by atoms with Crippen LogP contribution in [0.25, 0.3) is 10.6 Å². The van der Waals surface area contributed by atoms with Crippen molar-refractivity contribution in [1.82, 2.24) is 4.98 Å². The van der Waals surface area contributed by atoms with Crippen molar-refractivity contribution in [2.75, 3.05) is 12.8 Å². The molecule has 0 bridgehead atoms. The Hall–Kier alpha value is -1.88. The fourth-order valence-corrected chi connectivity index (χ4v) is 2.60. The Labute approximate surface area is 109 Å². The third kappa shape index (κ3) is 2.36. The van der Waals surface area contributed by atoms with Crippen molar-refractivity contribution < 1.29 is 9.53 Å². The number of benzene rings is 1. The second-order valence-electron chi connectivity index (χ2n) is 4.10. The summed E-state index contributed by atoms with van der Waals surface area (Å²) < 4.78 is 4.64. The van der Waals surface area contributed by atoms with E-state index in [0.29, 0.717) is 5.00 Å². The topological polar surface area (TPSA) is 65.2 Å². The Balaban J connectivity index is 2.48. The normalized spacial score (nSPS) is 10.4. The molecule has 4 nitrogen and oxygen atoms in total. The number of carbonyl (C=O) groups excluding carboxylic acids is 1. The lowest BCUT2D eigenvalue weighted by Crippen LogP contribution is -2.04. The molecule has 0 fully saturated rings. The van der Waals surface area contributed by atoms with E-state index in [4.69, 9.17) is 5.73 Å². The average molecular weight is 262 g/mol. The fourth-order valence-electron chi connectivity index (χ4n) is 1.80. The van der Waals surface area contributed by atoms with E-state index in [1.807, 2.05) is 26.0 Å². The molecule has 2 N–H and O–H groups in total. The summed E-state index contributed by atoms with van der Waals surface area (Å²) in [6.07, 6.45) is 0. The van der Waals surface area contributed by atoms with E-state index in [-0.39, 0.29) is 5.69 Å². The van der Waals surface area contributed by atoms with Gasteiger partial charge >= 0.3 is 5.97 Å². The Morgan fingerprint density at radius 1 is 1.28 bits per heavy atom. The molecule has 0 spiro atoms. The molecular weight excluding hydrogens is 248 g/mol. The highest BCUT2D eigenvalue weighted by Gasteiger charge is 2.17. The van der Waals surface area contributed by atoms with Gasteiger partial charge in [0.05, 0.1) is 7.11 Å². The minimum absolute atomic E-state index is 0.191. The van der Waals surface area contributed by atoms with E-state index in [1.165, 1.54) is 18.4 Å². The van der Waals surface area contributed by atoms with E-state index in [2.05, 4.69) is 15.8 Å². The first kappa shape index (κ1) is 12.6. The van der Waals surface area contributed by atoms with Gasteiger partial charge in [0.2, 0.25) is 0 Å². The minimum Gasteiger partial charge on any atom is -0.464 e. The van der Waals surface area contributed by atoms with Crippen molar-refractivity contribution in [3.05, 3.63) is 35.0 Å². The van der Waals surface area contributed by atoms with Gasteiger partial charge < -0.3 is 10.5 Å². The molecule has 1 aromatic heterocycles. The molecule has 0 aliphatic heterocycles. The molecule has 5 heteroatoms. The number of aromatic nitrogens is 1. The smallest absolute Gasteiger partial charge is 0.359 e. The summed E-state index contributed by atoms with van der Waals surface area (Å²) in [5.74, 6) is -0.501. The number of rotatable bonds is 2. The zero-order valence-corrected chi connectivity index (χ0v) is 11.3. The van der Waals surface area contributed by atoms with Crippen molar-refractivity contribution in [2.24, 2.45) is 0 Å². The highest BCUT2D eigenvalue weighted by molar-refractivity contribution is 7.19. The van der Waals surface area contributed by atoms with Crippen molar-refractivity contribution in [2.45, 2.75) is 13.8 Å². The summed E-state index contributed by atoms with van der Waals surface area (Å²) in [6, 6.07) is 6.13. The largest absolute Gasteiger partial charge is 0.464 e. The van der Waals surface area contributed by atoms with Gasteiger partial charge in [0.1, 0.15) is 10.0 Å². The first-order valence-corrected chi connectivity index (χ1v) is 6.26. The predicted molar refractivity (Wildman–Crippen MR) is 72.8 cm³/mol. The summed E-state index contributed by atoms with van der Waals surface area (Å²) in [5, 5.41) is 1.12. The number of esters is 1. The van der Waals surface area contributed by atoms with Crippen LogP contribution in [-0.4, -0.2) is 18.1 Å². The summed E-state index contributed by atoms with van der Waals surface area (Å²) in [5.41, 5.74) is 9.25. The molecule has 0 atom stereocenters. The molecule has 0 radical (unpaired) electrons. The molecule has 0 saturated heterocycles. The zero-order chi connectivity index (χ0) is 13.3. The van der Waals surface area contributed by atoms with Crippen LogP contribution in [-0.2, 0) is 4.74 Å². The van der Waals surface area contributed by atoms with E-state index < -0.39 is 5.97 Å². The lowest BCUT2D eigenvalue weighted by Gasteiger charge is -2.01. The number of hydrogen-bond acceptors (Lipinski definition) is 5. The number of aryl methyl sites for hydroxylation is 2. The van der Waals surface area contributed by atoms with Crippen LogP contribution < -0.4 is 5.73 Å². The molecule has 2 aromatic rings. The Morgan fingerprint density at radius 3 is 2.44 bits per heavy atom. The van der Waals surface area contributed by atoms with E-state index in [9.17, 15) is 4.79 Å². The number of anilines is 1. The van der Waals surface area contributed by atoms with E-state index >= 15 is 0 Å². The first-order chi connectivity index (χ1) is 8.51. The number of nitrogens with two attached hydrogens (primary N) is 1. The second kappa shape index (κ2) is 4.78. The zero-order valence-electron chi connectivity index (χ0n) is 10.5. The summed E-state index contributed by atoms with van der Waals surface area (Å²) in [6.45, 7) is 4.05. The number of nitrogen functional groups attached to an aromatic ring is 1. The predicted octanol–water partition coefficient (Wildman–Crippen LogP) is 2.80. The van der Waals surface area contributed by atoms with Gasteiger partial charge in [0.15, 0.2) is 5.69 Å². The molecule has 0 aliphatic rings. The van der Waals surface area contributed by atoms with Crippen LogP contribution in [0.3, 0.4) is 0 Å². The van der Waals surface area contributed by atoms with Crippen LogP contribution >= 0.6 is 11.3 Å². The Kier molecular flexibility index (Phi) is 3.34. The molecule has 0 unspecified atom stereocenters.